The van der Waals surface area contributed by atoms with Crippen LogP contribution in [-0.2, 0) is 21.2 Å². The molecule has 134 valence electrons. The van der Waals surface area contributed by atoms with Crippen LogP contribution in [0.25, 0.3) is 0 Å². The molecule has 0 spiro atoms. The van der Waals surface area contributed by atoms with Gasteiger partial charge in [-0.25, -0.2) is 13.6 Å². The van der Waals surface area contributed by atoms with Crippen molar-refractivity contribution in [1.29, 1.82) is 0 Å². The number of primary sulfonamides is 1. The third-order valence-electron chi connectivity index (χ3n) is 3.67. The van der Waals surface area contributed by atoms with E-state index in [1.54, 1.807) is 19.1 Å². The Balaban J connectivity index is 1.80. The SMILES string of the molecule is Cc1ccc(OC(C)C(=O)NCCc2ccc(S(N)(=O)=O)cc2)cc1. The minimum absolute atomic E-state index is 0.0698. The Bertz CT molecular complexity index is 815. The predicted octanol–water partition coefficient (Wildman–Crippen LogP) is 1.77. The van der Waals surface area contributed by atoms with Crippen molar-refractivity contribution in [2.75, 3.05) is 6.54 Å². The number of carbonyl (C=O) groups is 1. The van der Waals surface area contributed by atoms with Crippen molar-refractivity contribution in [3.05, 3.63) is 59.7 Å². The number of nitrogens with two attached hydrogens (primary N) is 1. The normalized spacial score (nSPS) is 12.4. The summed E-state index contributed by atoms with van der Waals surface area (Å²) in [5.74, 6) is 0.438. The second kappa shape index (κ2) is 8.13. The predicted molar refractivity (Wildman–Crippen MR) is 95.8 cm³/mol. The van der Waals surface area contributed by atoms with Crippen LogP contribution in [0, 0.1) is 6.92 Å². The first-order chi connectivity index (χ1) is 11.8. The van der Waals surface area contributed by atoms with E-state index in [1.165, 1.54) is 12.1 Å². The van der Waals surface area contributed by atoms with Crippen LogP contribution in [0.3, 0.4) is 0 Å². The second-order valence-corrected chi connectivity index (χ2v) is 7.36. The Morgan fingerprint density at radius 3 is 2.28 bits per heavy atom. The van der Waals surface area contributed by atoms with Gasteiger partial charge < -0.3 is 10.1 Å². The highest BCUT2D eigenvalue weighted by Gasteiger charge is 2.14. The van der Waals surface area contributed by atoms with E-state index >= 15 is 0 Å². The van der Waals surface area contributed by atoms with Gasteiger partial charge in [0.1, 0.15) is 5.75 Å². The first kappa shape index (κ1) is 19.0. The standard InChI is InChI=1S/C18H22N2O4S/c1-13-3-7-16(8-4-13)24-14(2)18(21)20-12-11-15-5-9-17(10-6-15)25(19,22)23/h3-10,14H,11-12H2,1-2H3,(H,20,21)(H2,19,22,23). The molecule has 0 radical (unpaired) electrons. The molecule has 0 saturated carbocycles. The van der Waals surface area contributed by atoms with Gasteiger partial charge >= 0.3 is 0 Å². The summed E-state index contributed by atoms with van der Waals surface area (Å²) in [7, 11) is -3.68. The van der Waals surface area contributed by atoms with Gasteiger partial charge in [0.05, 0.1) is 4.90 Å². The number of ether oxygens (including phenoxy) is 1. The van der Waals surface area contributed by atoms with Gasteiger partial charge in [0.25, 0.3) is 5.91 Å². The molecule has 0 aliphatic carbocycles. The van der Waals surface area contributed by atoms with Crippen LogP contribution in [0.15, 0.2) is 53.4 Å². The molecule has 1 unspecified atom stereocenters. The van der Waals surface area contributed by atoms with Gasteiger partial charge in [0, 0.05) is 6.54 Å². The lowest BCUT2D eigenvalue weighted by molar-refractivity contribution is -0.127. The molecule has 2 rings (SSSR count). The largest absolute Gasteiger partial charge is 0.481 e. The lowest BCUT2D eigenvalue weighted by atomic mass is 10.1. The highest BCUT2D eigenvalue weighted by molar-refractivity contribution is 7.89. The van der Waals surface area contributed by atoms with Crippen LogP contribution in [0.2, 0.25) is 0 Å². The van der Waals surface area contributed by atoms with Gasteiger partial charge in [-0.2, -0.15) is 0 Å². The fourth-order valence-electron chi connectivity index (χ4n) is 2.19. The van der Waals surface area contributed by atoms with Crippen molar-refractivity contribution in [3.8, 4) is 5.75 Å². The average molecular weight is 362 g/mol. The van der Waals surface area contributed by atoms with Gasteiger partial charge in [-0.15, -0.1) is 0 Å². The molecule has 0 fully saturated rings. The lowest BCUT2D eigenvalue weighted by Gasteiger charge is -2.15. The summed E-state index contributed by atoms with van der Waals surface area (Å²) in [6.45, 7) is 4.10. The molecule has 1 atom stereocenters. The number of carbonyl (C=O) groups excluding carboxylic acids is 1. The van der Waals surface area contributed by atoms with E-state index in [0.717, 1.165) is 11.1 Å². The molecular formula is C18H22N2O4S. The summed E-state index contributed by atoms with van der Waals surface area (Å²) in [4.78, 5) is 12.1. The molecule has 1 amide bonds. The minimum atomic E-state index is -3.68. The third kappa shape index (κ3) is 5.88. The summed E-state index contributed by atoms with van der Waals surface area (Å²) < 4.78 is 28.0. The Labute approximate surface area is 148 Å². The minimum Gasteiger partial charge on any atom is -0.481 e. The molecule has 0 aliphatic heterocycles. The van der Waals surface area contributed by atoms with E-state index in [1.807, 2.05) is 31.2 Å². The molecule has 2 aromatic rings. The smallest absolute Gasteiger partial charge is 0.260 e. The second-order valence-electron chi connectivity index (χ2n) is 5.80. The lowest BCUT2D eigenvalue weighted by Crippen LogP contribution is -2.37. The van der Waals surface area contributed by atoms with Gasteiger partial charge in [0.15, 0.2) is 6.10 Å². The van der Waals surface area contributed by atoms with Crippen molar-refractivity contribution in [2.24, 2.45) is 5.14 Å². The van der Waals surface area contributed by atoms with Crippen molar-refractivity contribution < 1.29 is 17.9 Å². The first-order valence-corrected chi connectivity index (χ1v) is 9.43. The number of benzene rings is 2. The molecule has 0 aliphatic rings. The van der Waals surface area contributed by atoms with Crippen LogP contribution in [0.4, 0.5) is 0 Å². The number of nitrogens with one attached hydrogen (secondary N) is 1. The zero-order chi connectivity index (χ0) is 18.4. The average Bonchev–Trinajstić information content (AvgIpc) is 2.56. The maximum Gasteiger partial charge on any atom is 0.260 e. The highest BCUT2D eigenvalue weighted by Crippen LogP contribution is 2.13. The topological polar surface area (TPSA) is 98.5 Å². The zero-order valence-electron chi connectivity index (χ0n) is 14.2. The number of amides is 1. The summed E-state index contributed by atoms with van der Waals surface area (Å²) in [6.07, 6.45) is -0.0269. The Hall–Kier alpha value is -2.38. The van der Waals surface area contributed by atoms with Crippen LogP contribution < -0.4 is 15.2 Å². The monoisotopic (exact) mass is 362 g/mol. The fourth-order valence-corrected chi connectivity index (χ4v) is 2.71. The van der Waals surface area contributed by atoms with Crippen LogP contribution in [0.1, 0.15) is 18.1 Å². The van der Waals surface area contributed by atoms with Gasteiger partial charge in [-0.1, -0.05) is 29.8 Å². The third-order valence-corrected chi connectivity index (χ3v) is 4.60. The van der Waals surface area contributed by atoms with E-state index in [2.05, 4.69) is 5.32 Å². The number of hydrogen-bond acceptors (Lipinski definition) is 4. The van der Waals surface area contributed by atoms with E-state index in [0.29, 0.717) is 18.7 Å². The fraction of sp³-hybridized carbons (Fsp3) is 0.278. The van der Waals surface area contributed by atoms with Crippen molar-refractivity contribution in [2.45, 2.75) is 31.3 Å². The van der Waals surface area contributed by atoms with Crippen LogP contribution in [-0.4, -0.2) is 27.0 Å². The van der Waals surface area contributed by atoms with Gasteiger partial charge in [-0.05, 0) is 50.1 Å². The van der Waals surface area contributed by atoms with E-state index in [-0.39, 0.29) is 10.8 Å². The van der Waals surface area contributed by atoms with Crippen molar-refractivity contribution in [3.63, 3.8) is 0 Å². The molecule has 3 N–H and O–H groups in total. The van der Waals surface area contributed by atoms with E-state index in [4.69, 9.17) is 9.88 Å². The molecule has 0 aromatic heterocycles. The summed E-state index contributed by atoms with van der Waals surface area (Å²) in [5, 5.41) is 7.85. The molecule has 0 bridgehead atoms. The quantitative estimate of drug-likeness (QED) is 0.784. The first-order valence-electron chi connectivity index (χ1n) is 7.88. The molecule has 0 saturated heterocycles. The highest BCUT2D eigenvalue weighted by atomic mass is 32.2. The van der Waals surface area contributed by atoms with Gasteiger partial charge in [-0.3, -0.25) is 4.79 Å². The number of sulfonamides is 1. The molecule has 7 heteroatoms. The molecule has 2 aromatic carbocycles. The number of hydrogen-bond donors (Lipinski definition) is 2. The Morgan fingerprint density at radius 1 is 1.12 bits per heavy atom. The van der Waals surface area contributed by atoms with Gasteiger partial charge in [0.2, 0.25) is 10.0 Å². The molecule has 6 nitrogen and oxygen atoms in total. The summed E-state index contributed by atoms with van der Waals surface area (Å²) >= 11 is 0. The Morgan fingerprint density at radius 2 is 1.72 bits per heavy atom. The maximum atomic E-state index is 12.1. The van der Waals surface area contributed by atoms with E-state index in [9.17, 15) is 13.2 Å². The number of aryl methyl sites for hydroxylation is 1. The summed E-state index contributed by atoms with van der Waals surface area (Å²) in [5.41, 5.74) is 2.03. The van der Waals surface area contributed by atoms with E-state index < -0.39 is 16.1 Å². The molecular weight excluding hydrogens is 340 g/mol. The Kier molecular flexibility index (Phi) is 6.17. The van der Waals surface area contributed by atoms with Crippen molar-refractivity contribution >= 4 is 15.9 Å². The number of rotatable bonds is 7. The zero-order valence-corrected chi connectivity index (χ0v) is 15.0. The molecule has 25 heavy (non-hydrogen) atoms. The van der Waals surface area contributed by atoms with Crippen LogP contribution >= 0.6 is 0 Å². The van der Waals surface area contributed by atoms with Crippen molar-refractivity contribution in [1.82, 2.24) is 5.32 Å². The molecule has 0 heterocycles. The van der Waals surface area contributed by atoms with Crippen LogP contribution in [0.5, 0.6) is 5.75 Å². The summed E-state index contributed by atoms with van der Waals surface area (Å²) in [6, 6.07) is 13.8. The maximum absolute atomic E-state index is 12.1.